The van der Waals surface area contributed by atoms with Gasteiger partial charge < -0.3 is 16.0 Å². The zero-order valence-corrected chi connectivity index (χ0v) is 20.2. The van der Waals surface area contributed by atoms with Crippen molar-refractivity contribution in [3.8, 4) is 6.07 Å². The first-order valence-electron chi connectivity index (χ1n) is 11.2. The third-order valence-corrected chi connectivity index (χ3v) is 6.55. The molecule has 3 aromatic rings. The number of nitrogens with zero attached hydrogens (tertiary/aromatic N) is 1. The molecule has 0 radical (unpaired) electrons. The van der Waals surface area contributed by atoms with Gasteiger partial charge in [0, 0.05) is 22.6 Å². The van der Waals surface area contributed by atoms with Crippen LogP contribution >= 0.6 is 11.8 Å². The van der Waals surface area contributed by atoms with Gasteiger partial charge in [0.15, 0.2) is 0 Å². The number of nitriles is 1. The lowest BCUT2D eigenvalue weighted by Gasteiger charge is -2.29. The van der Waals surface area contributed by atoms with Crippen LogP contribution < -0.4 is 16.0 Å². The molecule has 1 aliphatic rings. The zero-order chi connectivity index (χ0) is 25.5. The number of benzene rings is 3. The first-order valence-corrected chi connectivity index (χ1v) is 12.2. The van der Waals surface area contributed by atoms with Gasteiger partial charge in [-0.15, -0.1) is 0 Å². The van der Waals surface area contributed by atoms with Crippen molar-refractivity contribution in [2.24, 2.45) is 0 Å². The Morgan fingerprint density at radius 1 is 0.944 bits per heavy atom. The van der Waals surface area contributed by atoms with E-state index in [9.17, 15) is 19.2 Å². The third kappa shape index (κ3) is 5.82. The maximum absolute atomic E-state index is 13.4. The van der Waals surface area contributed by atoms with Crippen molar-refractivity contribution in [2.45, 2.75) is 12.8 Å². The number of rotatable bonds is 7. The summed E-state index contributed by atoms with van der Waals surface area (Å²) >= 11 is 1.17. The van der Waals surface area contributed by atoms with E-state index in [4.69, 9.17) is 0 Å². The summed E-state index contributed by atoms with van der Waals surface area (Å²) in [7, 11) is 0. The summed E-state index contributed by atoms with van der Waals surface area (Å²) in [6.45, 7) is 1.78. The quantitative estimate of drug-likeness (QED) is 0.398. The molecule has 3 N–H and O–H groups in total. The molecule has 2 amide bonds. The molecule has 1 aliphatic heterocycles. The van der Waals surface area contributed by atoms with Crippen LogP contribution in [-0.4, -0.2) is 17.6 Å². The molecule has 0 saturated carbocycles. The molecule has 8 heteroatoms. The van der Waals surface area contributed by atoms with Crippen molar-refractivity contribution in [3.63, 3.8) is 0 Å². The van der Waals surface area contributed by atoms with Gasteiger partial charge in [0.05, 0.1) is 28.3 Å². The monoisotopic (exact) mass is 498 g/mol. The Kier molecular flexibility index (Phi) is 7.83. The Morgan fingerprint density at radius 2 is 1.56 bits per heavy atom. The van der Waals surface area contributed by atoms with Crippen molar-refractivity contribution >= 4 is 35.0 Å². The molecule has 0 aliphatic carbocycles. The number of carbonyl (C=O) groups excluding carboxylic acids is 2. The number of carbonyl (C=O) groups is 2. The molecule has 0 spiro atoms. The van der Waals surface area contributed by atoms with Crippen LogP contribution in [0.3, 0.4) is 0 Å². The summed E-state index contributed by atoms with van der Waals surface area (Å²) < 4.78 is 13.1. The van der Waals surface area contributed by atoms with E-state index in [1.165, 1.54) is 36.0 Å². The number of allylic oxidation sites excluding steroid dienone is 2. The Hall–Kier alpha value is -4.35. The third-order valence-electron chi connectivity index (χ3n) is 5.53. The van der Waals surface area contributed by atoms with Crippen LogP contribution in [0.2, 0.25) is 0 Å². The minimum absolute atomic E-state index is 0.0191. The molecule has 0 saturated heterocycles. The van der Waals surface area contributed by atoms with Crippen LogP contribution in [0.1, 0.15) is 18.4 Å². The highest BCUT2D eigenvalue weighted by Gasteiger charge is 2.34. The second kappa shape index (κ2) is 11.4. The SMILES string of the molecule is CC1=C(C(=O)Nc2ccccc2)C(c2ccccc2)C(C#N)=C(SCC(=O)Nc2ccc(F)cc2)N1. The van der Waals surface area contributed by atoms with Gasteiger partial charge in [0.1, 0.15) is 5.82 Å². The minimum atomic E-state index is -0.608. The van der Waals surface area contributed by atoms with Crippen LogP contribution in [0.4, 0.5) is 15.8 Å². The fourth-order valence-corrected chi connectivity index (χ4v) is 4.79. The summed E-state index contributed by atoms with van der Waals surface area (Å²) in [4.78, 5) is 25.9. The van der Waals surface area contributed by atoms with Gasteiger partial charge in [-0.1, -0.05) is 60.3 Å². The second-order valence-electron chi connectivity index (χ2n) is 8.03. The minimum Gasteiger partial charge on any atom is -0.353 e. The maximum Gasteiger partial charge on any atom is 0.254 e. The second-order valence-corrected chi connectivity index (χ2v) is 9.01. The van der Waals surface area contributed by atoms with Crippen LogP contribution in [0.25, 0.3) is 0 Å². The molecular weight excluding hydrogens is 475 g/mol. The number of anilines is 2. The van der Waals surface area contributed by atoms with Crippen LogP contribution in [-0.2, 0) is 9.59 Å². The van der Waals surface area contributed by atoms with E-state index in [-0.39, 0.29) is 23.4 Å². The summed E-state index contributed by atoms with van der Waals surface area (Å²) in [6, 6.07) is 26.2. The van der Waals surface area contributed by atoms with Gasteiger partial charge in [-0.25, -0.2) is 4.39 Å². The predicted molar refractivity (Wildman–Crippen MR) is 140 cm³/mol. The number of hydrogen-bond donors (Lipinski definition) is 3. The van der Waals surface area contributed by atoms with Crippen molar-refractivity contribution in [2.75, 3.05) is 16.4 Å². The van der Waals surface area contributed by atoms with E-state index in [0.717, 1.165) is 5.56 Å². The zero-order valence-electron chi connectivity index (χ0n) is 19.4. The lowest BCUT2D eigenvalue weighted by Crippen LogP contribution is -2.31. The molecule has 0 aromatic heterocycles. The van der Waals surface area contributed by atoms with Crippen molar-refractivity contribution in [3.05, 3.63) is 118 Å². The molecule has 6 nitrogen and oxygen atoms in total. The number of para-hydroxylation sites is 1. The summed E-state index contributed by atoms with van der Waals surface area (Å²) in [5.74, 6) is -1.59. The molecule has 36 heavy (non-hydrogen) atoms. The van der Waals surface area contributed by atoms with Crippen LogP contribution in [0.15, 0.2) is 107 Å². The highest BCUT2D eigenvalue weighted by atomic mass is 32.2. The molecule has 0 fully saturated rings. The first-order chi connectivity index (χ1) is 17.5. The van der Waals surface area contributed by atoms with Gasteiger partial charge in [-0.3, -0.25) is 9.59 Å². The summed E-state index contributed by atoms with van der Waals surface area (Å²) in [5.41, 5.74) is 3.30. The lowest BCUT2D eigenvalue weighted by atomic mass is 9.82. The van der Waals surface area contributed by atoms with Gasteiger partial charge in [0.2, 0.25) is 5.91 Å². The molecular formula is C28H23FN4O2S. The van der Waals surface area contributed by atoms with E-state index in [0.29, 0.717) is 33.2 Å². The Bertz CT molecular complexity index is 1360. The number of hydrogen-bond acceptors (Lipinski definition) is 5. The van der Waals surface area contributed by atoms with Gasteiger partial charge >= 0.3 is 0 Å². The molecule has 1 unspecified atom stereocenters. The van der Waals surface area contributed by atoms with E-state index in [2.05, 4.69) is 22.0 Å². The number of dihydropyridines is 1. The first kappa shape index (κ1) is 24.8. The maximum atomic E-state index is 13.4. The van der Waals surface area contributed by atoms with E-state index in [1.54, 1.807) is 19.1 Å². The molecule has 4 rings (SSSR count). The van der Waals surface area contributed by atoms with E-state index < -0.39 is 5.92 Å². The fourth-order valence-electron chi connectivity index (χ4n) is 3.89. The highest BCUT2D eigenvalue weighted by Crippen LogP contribution is 2.40. The normalized spacial score (nSPS) is 15.1. The Morgan fingerprint density at radius 3 is 2.19 bits per heavy atom. The number of amides is 2. The standard InChI is InChI=1S/C28H23FN4O2S/c1-18-25(27(35)33-21-10-6-3-7-11-21)26(19-8-4-2-5-9-19)23(16-30)28(31-18)36-17-24(34)32-22-14-12-20(29)13-15-22/h2-15,26,31H,17H2,1H3,(H,32,34)(H,33,35). The smallest absolute Gasteiger partial charge is 0.254 e. The van der Waals surface area contributed by atoms with Crippen LogP contribution in [0.5, 0.6) is 0 Å². The summed E-state index contributed by atoms with van der Waals surface area (Å²) in [6.07, 6.45) is 0. The highest BCUT2D eigenvalue weighted by molar-refractivity contribution is 8.03. The Balaban J connectivity index is 1.60. The Labute approximate surface area is 212 Å². The topological polar surface area (TPSA) is 94.0 Å². The van der Waals surface area contributed by atoms with E-state index in [1.807, 2.05) is 48.5 Å². The van der Waals surface area contributed by atoms with Crippen LogP contribution in [0, 0.1) is 17.1 Å². The number of nitrogens with one attached hydrogen (secondary N) is 3. The lowest BCUT2D eigenvalue weighted by molar-refractivity contribution is -0.114. The van der Waals surface area contributed by atoms with Crippen molar-refractivity contribution in [1.82, 2.24) is 5.32 Å². The average Bonchev–Trinajstić information content (AvgIpc) is 2.89. The predicted octanol–water partition coefficient (Wildman–Crippen LogP) is 5.53. The van der Waals surface area contributed by atoms with Gasteiger partial charge in [-0.2, -0.15) is 5.26 Å². The molecule has 3 aromatic carbocycles. The molecule has 1 heterocycles. The van der Waals surface area contributed by atoms with Gasteiger partial charge in [0.25, 0.3) is 5.91 Å². The summed E-state index contributed by atoms with van der Waals surface area (Å²) in [5, 5.41) is 19.5. The number of halogens is 1. The van der Waals surface area contributed by atoms with E-state index >= 15 is 0 Å². The molecule has 0 bridgehead atoms. The fraction of sp³-hybridized carbons (Fsp3) is 0.107. The average molecular weight is 499 g/mol. The largest absolute Gasteiger partial charge is 0.353 e. The molecule has 180 valence electrons. The van der Waals surface area contributed by atoms with Crippen molar-refractivity contribution < 1.29 is 14.0 Å². The van der Waals surface area contributed by atoms with Crippen molar-refractivity contribution in [1.29, 1.82) is 5.26 Å². The van der Waals surface area contributed by atoms with Gasteiger partial charge in [-0.05, 0) is 48.9 Å². The number of thioether (sulfide) groups is 1. The molecule has 1 atom stereocenters.